The third-order valence-corrected chi connectivity index (χ3v) is 4.49. The van der Waals surface area contributed by atoms with Gasteiger partial charge >= 0.3 is 8.53 Å². The minimum absolute atomic E-state index is 0.0346. The zero-order chi connectivity index (χ0) is 14.4. The molecule has 1 aromatic rings. The number of thioether (sulfide) groups is 1. The van der Waals surface area contributed by atoms with E-state index in [1.54, 1.807) is 24.3 Å². The topological polar surface area (TPSA) is 61.8 Å². The van der Waals surface area contributed by atoms with E-state index in [1.165, 1.54) is 11.8 Å². The van der Waals surface area contributed by atoms with Crippen molar-refractivity contribution in [3.05, 3.63) is 29.8 Å². The largest absolute Gasteiger partial charge is 0.434 e. The van der Waals surface area contributed by atoms with Crippen molar-refractivity contribution in [1.29, 1.82) is 0 Å². The molecule has 1 aliphatic rings. The van der Waals surface area contributed by atoms with Crippen molar-refractivity contribution in [2.45, 2.75) is 19.8 Å². The van der Waals surface area contributed by atoms with Crippen LogP contribution in [0.25, 0.3) is 0 Å². The van der Waals surface area contributed by atoms with E-state index >= 15 is 0 Å². The molecule has 0 radical (unpaired) electrons. The smallest absolute Gasteiger partial charge is 0.330 e. The lowest BCUT2D eigenvalue weighted by Crippen LogP contribution is -2.32. The first-order valence-electron chi connectivity index (χ1n) is 6.65. The summed E-state index contributed by atoms with van der Waals surface area (Å²) in [4.78, 5) is 21.9. The minimum Gasteiger partial charge on any atom is -0.434 e. The zero-order valence-electron chi connectivity index (χ0n) is 11.4. The predicted molar refractivity (Wildman–Crippen MR) is 82.6 cm³/mol. The van der Waals surface area contributed by atoms with Gasteiger partial charge in [-0.2, -0.15) is 5.20 Å². The van der Waals surface area contributed by atoms with Crippen LogP contribution in [0.3, 0.4) is 0 Å². The Balaban J connectivity index is 1.98. The van der Waals surface area contributed by atoms with E-state index < -0.39 is 8.53 Å². The molecule has 0 amide bonds. The van der Waals surface area contributed by atoms with Crippen molar-refractivity contribution < 1.29 is 14.2 Å². The maximum Gasteiger partial charge on any atom is 0.330 e. The van der Waals surface area contributed by atoms with E-state index in [4.69, 9.17) is 4.52 Å². The van der Waals surface area contributed by atoms with Gasteiger partial charge in [0.05, 0.1) is 5.56 Å². The highest BCUT2D eigenvalue weighted by Crippen LogP contribution is 2.34. The van der Waals surface area contributed by atoms with Gasteiger partial charge in [-0.05, 0) is 30.7 Å². The van der Waals surface area contributed by atoms with E-state index in [0.717, 1.165) is 25.9 Å². The molecule has 1 unspecified atom stereocenters. The maximum absolute atomic E-state index is 12.0. The number of benzene rings is 1. The standard InChI is InChI=1S/C13H19N2O3PS/c1-2-20-13(16)11-7-3-4-8-12(11)18-19(17)14-15-9-5-6-10-15/h3-4,7-8,14,17H,2,5-6,9-10H2,1H3. The van der Waals surface area contributed by atoms with Crippen LogP contribution in [0, 0.1) is 0 Å². The van der Waals surface area contributed by atoms with Crippen LogP contribution in [0.15, 0.2) is 24.3 Å². The monoisotopic (exact) mass is 314 g/mol. The average molecular weight is 314 g/mol. The molecule has 0 aliphatic carbocycles. The summed E-state index contributed by atoms with van der Waals surface area (Å²) in [6.45, 7) is 3.75. The van der Waals surface area contributed by atoms with Crippen molar-refractivity contribution in [2.75, 3.05) is 18.8 Å². The summed E-state index contributed by atoms with van der Waals surface area (Å²) in [5.74, 6) is 1.14. The first-order valence-corrected chi connectivity index (χ1v) is 8.85. The molecule has 0 spiro atoms. The van der Waals surface area contributed by atoms with Gasteiger partial charge in [0.25, 0.3) is 0 Å². The van der Waals surface area contributed by atoms with Crippen LogP contribution in [0.5, 0.6) is 5.75 Å². The highest BCUT2D eigenvalue weighted by molar-refractivity contribution is 8.14. The first kappa shape index (κ1) is 15.7. The number of hydrazine groups is 1. The Morgan fingerprint density at radius 2 is 2.15 bits per heavy atom. The lowest BCUT2D eigenvalue weighted by atomic mass is 10.2. The Hall–Kier alpha value is -0.650. The van der Waals surface area contributed by atoms with Crippen LogP contribution in [-0.4, -0.2) is 33.9 Å². The molecule has 1 fully saturated rings. The number of carbonyl (C=O) groups excluding carboxylic acids is 1. The van der Waals surface area contributed by atoms with Crippen LogP contribution < -0.4 is 9.72 Å². The van der Waals surface area contributed by atoms with E-state index in [9.17, 15) is 9.69 Å². The Morgan fingerprint density at radius 3 is 2.85 bits per heavy atom. The quantitative estimate of drug-likeness (QED) is 0.787. The van der Waals surface area contributed by atoms with Crippen molar-refractivity contribution in [2.24, 2.45) is 0 Å². The number of para-hydroxylation sites is 1. The second-order valence-corrected chi connectivity index (χ2v) is 6.54. The fourth-order valence-corrected chi connectivity index (χ4v) is 3.39. The van der Waals surface area contributed by atoms with Gasteiger partial charge in [-0.25, -0.2) is 5.01 Å². The number of nitrogens with zero attached hydrogens (tertiary/aromatic N) is 1. The van der Waals surface area contributed by atoms with Gasteiger partial charge < -0.3 is 9.42 Å². The molecule has 2 N–H and O–H groups in total. The Morgan fingerprint density at radius 1 is 1.45 bits per heavy atom. The van der Waals surface area contributed by atoms with Gasteiger partial charge in [-0.1, -0.05) is 30.8 Å². The number of nitrogens with one attached hydrogen (secondary N) is 1. The minimum atomic E-state index is -1.80. The van der Waals surface area contributed by atoms with Crippen LogP contribution in [0.4, 0.5) is 0 Å². The summed E-state index contributed by atoms with van der Waals surface area (Å²) in [5, 5.41) is 4.86. The SMILES string of the molecule is CCSC(=O)c1ccccc1OP(O)NN1CCCC1. The third kappa shape index (κ3) is 4.43. The molecule has 5 nitrogen and oxygen atoms in total. The summed E-state index contributed by atoms with van der Waals surface area (Å²) in [7, 11) is -1.80. The molecule has 1 aromatic carbocycles. The third-order valence-electron chi connectivity index (χ3n) is 2.90. The summed E-state index contributed by atoms with van der Waals surface area (Å²) < 4.78 is 5.51. The van der Waals surface area contributed by atoms with Gasteiger partial charge in [0.15, 0.2) is 0 Å². The average Bonchev–Trinajstić information content (AvgIpc) is 2.92. The molecule has 7 heteroatoms. The number of hydrogen-bond donors (Lipinski definition) is 2. The first-order chi connectivity index (χ1) is 9.70. The molecule has 0 bridgehead atoms. The van der Waals surface area contributed by atoms with E-state index in [-0.39, 0.29) is 5.12 Å². The van der Waals surface area contributed by atoms with E-state index in [0.29, 0.717) is 17.1 Å². The number of hydrogen-bond acceptors (Lipinski definition) is 6. The van der Waals surface area contributed by atoms with Crippen LogP contribution in [-0.2, 0) is 0 Å². The van der Waals surface area contributed by atoms with Gasteiger partial charge in [-0.15, -0.1) is 0 Å². The molecule has 1 saturated heterocycles. The fourth-order valence-electron chi connectivity index (χ4n) is 1.98. The van der Waals surface area contributed by atoms with Crippen molar-refractivity contribution in [3.63, 3.8) is 0 Å². The molecular weight excluding hydrogens is 295 g/mol. The number of carbonyl (C=O) groups is 1. The highest BCUT2D eigenvalue weighted by atomic mass is 32.2. The van der Waals surface area contributed by atoms with Gasteiger partial charge in [0.1, 0.15) is 5.75 Å². The van der Waals surface area contributed by atoms with Crippen molar-refractivity contribution in [3.8, 4) is 5.75 Å². The summed E-state index contributed by atoms with van der Waals surface area (Å²) in [6, 6.07) is 7.02. The molecule has 0 aromatic heterocycles. The van der Waals surface area contributed by atoms with Crippen molar-refractivity contribution >= 4 is 25.4 Å². The molecule has 1 aliphatic heterocycles. The van der Waals surface area contributed by atoms with Crippen LogP contribution >= 0.6 is 20.3 Å². The molecule has 1 heterocycles. The van der Waals surface area contributed by atoms with E-state index in [1.807, 2.05) is 11.9 Å². The normalized spacial score (nSPS) is 17.1. The second kappa shape index (κ2) is 7.96. The summed E-state index contributed by atoms with van der Waals surface area (Å²) >= 11 is 1.23. The van der Waals surface area contributed by atoms with Crippen molar-refractivity contribution in [1.82, 2.24) is 10.2 Å². The molecule has 20 heavy (non-hydrogen) atoms. The maximum atomic E-state index is 12.0. The number of rotatable bonds is 6. The van der Waals surface area contributed by atoms with E-state index in [2.05, 4.69) is 5.20 Å². The Kier molecular flexibility index (Phi) is 6.26. The Bertz CT molecular complexity index is 455. The fraction of sp³-hybridized carbons (Fsp3) is 0.462. The zero-order valence-corrected chi connectivity index (χ0v) is 13.1. The summed E-state index contributed by atoms with van der Waals surface area (Å²) in [5.41, 5.74) is 0.504. The highest BCUT2D eigenvalue weighted by Gasteiger charge is 2.19. The molecule has 0 saturated carbocycles. The molecular formula is C13H19N2O3PS. The second-order valence-electron chi connectivity index (χ2n) is 4.38. The van der Waals surface area contributed by atoms with Gasteiger partial charge in [-0.3, -0.25) is 4.79 Å². The van der Waals surface area contributed by atoms with Crippen LogP contribution in [0.1, 0.15) is 30.1 Å². The van der Waals surface area contributed by atoms with Crippen LogP contribution in [0.2, 0.25) is 0 Å². The van der Waals surface area contributed by atoms with Gasteiger partial charge in [0, 0.05) is 13.1 Å². The lowest BCUT2D eigenvalue weighted by molar-refractivity contribution is 0.108. The van der Waals surface area contributed by atoms with Gasteiger partial charge in [0.2, 0.25) is 5.12 Å². The Labute approximate surface area is 124 Å². The molecule has 110 valence electrons. The predicted octanol–water partition coefficient (Wildman–Crippen LogP) is 2.78. The molecule has 1 atom stereocenters. The summed E-state index contributed by atoms with van der Waals surface area (Å²) in [6.07, 6.45) is 2.25. The molecule has 2 rings (SSSR count). The lowest BCUT2D eigenvalue weighted by Gasteiger charge is -2.20.